The molecule has 9 heteroatoms. The first-order valence-corrected chi connectivity index (χ1v) is 11.2. The van der Waals surface area contributed by atoms with Crippen LogP contribution in [0.15, 0.2) is 41.4 Å². The van der Waals surface area contributed by atoms with Crippen molar-refractivity contribution in [2.45, 2.75) is 59.7 Å². The van der Waals surface area contributed by atoms with Gasteiger partial charge in [0.15, 0.2) is 17.3 Å². The summed E-state index contributed by atoms with van der Waals surface area (Å²) in [6, 6.07) is 10.5. The van der Waals surface area contributed by atoms with Crippen molar-refractivity contribution in [3.63, 3.8) is 0 Å². The Kier molecular flexibility index (Phi) is 7.01. The summed E-state index contributed by atoms with van der Waals surface area (Å²) in [5.41, 5.74) is 0.644. The number of anilines is 1. The maximum Gasteiger partial charge on any atom is 0.436 e. The van der Waals surface area contributed by atoms with Gasteiger partial charge >= 0.3 is 12.2 Å². The Hall–Kier alpha value is -3.75. The van der Waals surface area contributed by atoms with Crippen molar-refractivity contribution in [2.24, 2.45) is 4.99 Å². The van der Waals surface area contributed by atoms with Crippen molar-refractivity contribution in [1.82, 2.24) is 5.01 Å². The monoisotopic (exact) mass is 483 g/mol. The lowest BCUT2D eigenvalue weighted by atomic mass is 10.1. The highest BCUT2D eigenvalue weighted by atomic mass is 16.6. The summed E-state index contributed by atoms with van der Waals surface area (Å²) in [6.45, 7) is 12.4. The number of fused-ring (bicyclic) bond motifs is 1. The van der Waals surface area contributed by atoms with Crippen LogP contribution in [-0.4, -0.2) is 48.5 Å². The first-order chi connectivity index (χ1) is 16.2. The lowest BCUT2D eigenvalue weighted by Gasteiger charge is -2.39. The molecule has 0 fully saturated rings. The largest absolute Gasteiger partial charge is 0.493 e. The zero-order valence-electron chi connectivity index (χ0n) is 21.8. The molecule has 2 aromatic carbocycles. The zero-order chi connectivity index (χ0) is 26.1. The fourth-order valence-corrected chi connectivity index (χ4v) is 3.38. The Bertz CT molecular complexity index is 1160. The molecule has 0 unspecified atom stereocenters. The van der Waals surface area contributed by atoms with Crippen LogP contribution in [0, 0.1) is 6.92 Å². The van der Waals surface area contributed by atoms with Crippen LogP contribution in [0.4, 0.5) is 21.0 Å². The predicted molar refractivity (Wildman–Crippen MR) is 134 cm³/mol. The van der Waals surface area contributed by atoms with Crippen LogP contribution >= 0.6 is 0 Å². The number of benzene rings is 2. The van der Waals surface area contributed by atoms with Crippen LogP contribution in [0.3, 0.4) is 0 Å². The van der Waals surface area contributed by atoms with E-state index in [1.54, 1.807) is 71.9 Å². The molecule has 0 radical (unpaired) electrons. The van der Waals surface area contributed by atoms with Gasteiger partial charge in [0.05, 0.1) is 25.6 Å². The third kappa shape index (κ3) is 5.85. The van der Waals surface area contributed by atoms with Crippen molar-refractivity contribution >= 4 is 29.4 Å². The van der Waals surface area contributed by atoms with Gasteiger partial charge in [-0.15, -0.1) is 0 Å². The number of carbonyl (C=O) groups is 2. The van der Waals surface area contributed by atoms with E-state index in [1.165, 1.54) is 19.2 Å². The molecule has 0 atom stereocenters. The van der Waals surface area contributed by atoms with E-state index in [9.17, 15) is 9.59 Å². The van der Waals surface area contributed by atoms with Crippen molar-refractivity contribution in [2.75, 3.05) is 19.2 Å². The number of hydrogen-bond donors (Lipinski definition) is 0. The Morgan fingerprint density at radius 2 is 1.34 bits per heavy atom. The summed E-state index contributed by atoms with van der Waals surface area (Å²) in [6.07, 6.45) is -1.54. The van der Waals surface area contributed by atoms with Crippen molar-refractivity contribution in [3.05, 3.63) is 47.5 Å². The molecule has 1 aliphatic rings. The average molecular weight is 484 g/mol. The third-order valence-electron chi connectivity index (χ3n) is 4.76. The lowest BCUT2D eigenvalue weighted by molar-refractivity contribution is 0.0256. The molecule has 1 aliphatic heterocycles. The second-order valence-electron chi connectivity index (χ2n) is 10.1. The molecule has 0 saturated carbocycles. The van der Waals surface area contributed by atoms with E-state index in [0.29, 0.717) is 28.4 Å². The summed E-state index contributed by atoms with van der Waals surface area (Å²) >= 11 is 0. The normalized spacial score (nSPS) is 13.6. The van der Waals surface area contributed by atoms with Gasteiger partial charge in [-0.05, 0) is 84.4 Å². The SMILES string of the molecule is COc1ccc(C2=Nc3ccc(C)cc3N(C(=O)OC(C)(C)C)N2C(=O)OC(C)(C)C)cc1OC. The van der Waals surface area contributed by atoms with E-state index < -0.39 is 23.4 Å². The van der Waals surface area contributed by atoms with Gasteiger partial charge in [0.2, 0.25) is 0 Å². The lowest BCUT2D eigenvalue weighted by Crippen LogP contribution is -2.57. The van der Waals surface area contributed by atoms with Gasteiger partial charge in [-0.2, -0.15) is 10.0 Å². The van der Waals surface area contributed by atoms with Crippen LogP contribution < -0.4 is 14.5 Å². The summed E-state index contributed by atoms with van der Waals surface area (Å²) in [4.78, 5) is 31.8. The topological polar surface area (TPSA) is 89.9 Å². The van der Waals surface area contributed by atoms with Crippen molar-refractivity contribution < 1.29 is 28.5 Å². The number of aliphatic imine (C=N–C) groups is 1. The van der Waals surface area contributed by atoms with Crippen LogP contribution in [0.2, 0.25) is 0 Å². The van der Waals surface area contributed by atoms with Crippen LogP contribution in [0.1, 0.15) is 52.7 Å². The van der Waals surface area contributed by atoms with Crippen LogP contribution in [0.5, 0.6) is 11.5 Å². The summed E-state index contributed by atoms with van der Waals surface area (Å²) in [7, 11) is 3.05. The minimum Gasteiger partial charge on any atom is -0.493 e. The molecule has 0 saturated heterocycles. The quantitative estimate of drug-likeness (QED) is 0.532. The molecule has 0 aliphatic carbocycles. The number of methoxy groups -OCH3 is 2. The van der Waals surface area contributed by atoms with E-state index in [-0.39, 0.29) is 5.84 Å². The summed E-state index contributed by atoms with van der Waals surface area (Å²) in [5.74, 6) is 1.12. The molecule has 1 heterocycles. The molecule has 3 rings (SSSR count). The summed E-state index contributed by atoms with van der Waals surface area (Å²) < 4.78 is 22.2. The average Bonchev–Trinajstić information content (AvgIpc) is 2.74. The number of hydrogen-bond acceptors (Lipinski definition) is 7. The number of ether oxygens (including phenoxy) is 4. The minimum absolute atomic E-state index is 0.169. The molecule has 188 valence electrons. The van der Waals surface area contributed by atoms with E-state index in [4.69, 9.17) is 23.9 Å². The fourth-order valence-electron chi connectivity index (χ4n) is 3.38. The Morgan fingerprint density at radius 3 is 1.89 bits per heavy atom. The number of rotatable bonds is 3. The first kappa shape index (κ1) is 25.9. The molecule has 0 aromatic heterocycles. The molecular weight excluding hydrogens is 450 g/mol. The summed E-state index contributed by atoms with van der Waals surface area (Å²) in [5, 5.41) is 2.27. The Morgan fingerprint density at radius 1 is 0.771 bits per heavy atom. The Labute approximate surface area is 206 Å². The van der Waals surface area contributed by atoms with Crippen LogP contribution in [-0.2, 0) is 9.47 Å². The number of hydrazine groups is 1. The molecule has 0 spiro atoms. The molecule has 9 nitrogen and oxygen atoms in total. The van der Waals surface area contributed by atoms with Gasteiger partial charge in [-0.1, -0.05) is 6.07 Å². The maximum absolute atomic E-state index is 13.6. The first-order valence-electron chi connectivity index (χ1n) is 11.2. The molecule has 2 amide bonds. The number of amidine groups is 1. The highest BCUT2D eigenvalue weighted by Crippen LogP contribution is 2.39. The van der Waals surface area contributed by atoms with E-state index in [0.717, 1.165) is 10.6 Å². The smallest absolute Gasteiger partial charge is 0.436 e. The zero-order valence-corrected chi connectivity index (χ0v) is 21.8. The standard InChI is InChI=1S/C26H33N3O6/c1-16-10-12-18-19(14-16)28(23(30)34-25(2,3)4)29(24(31)35-26(5,6)7)22(27-18)17-11-13-20(32-8)21(15-17)33-9/h10-15H,1-9H3. The molecule has 0 N–H and O–H groups in total. The number of nitrogens with zero attached hydrogens (tertiary/aromatic N) is 3. The van der Waals surface area contributed by atoms with Gasteiger partial charge < -0.3 is 18.9 Å². The molecular formula is C26H33N3O6. The van der Waals surface area contributed by atoms with E-state index in [1.807, 2.05) is 13.0 Å². The van der Waals surface area contributed by atoms with Gasteiger partial charge in [0, 0.05) is 5.56 Å². The van der Waals surface area contributed by atoms with Crippen LogP contribution in [0.25, 0.3) is 0 Å². The fraction of sp³-hybridized carbons (Fsp3) is 0.423. The third-order valence-corrected chi connectivity index (χ3v) is 4.76. The van der Waals surface area contributed by atoms with Gasteiger partial charge in [-0.3, -0.25) is 0 Å². The molecule has 35 heavy (non-hydrogen) atoms. The van der Waals surface area contributed by atoms with Crippen molar-refractivity contribution in [1.29, 1.82) is 0 Å². The van der Waals surface area contributed by atoms with E-state index >= 15 is 0 Å². The second-order valence-corrected chi connectivity index (χ2v) is 10.1. The van der Waals surface area contributed by atoms with Gasteiger partial charge in [0.25, 0.3) is 0 Å². The molecule has 2 aromatic rings. The second kappa shape index (κ2) is 9.48. The van der Waals surface area contributed by atoms with Gasteiger partial charge in [0.1, 0.15) is 11.2 Å². The number of aryl methyl sites for hydroxylation is 1. The predicted octanol–water partition coefficient (Wildman–Crippen LogP) is 6.00. The number of amides is 2. The van der Waals surface area contributed by atoms with E-state index in [2.05, 4.69) is 0 Å². The maximum atomic E-state index is 13.6. The highest BCUT2D eigenvalue weighted by Gasteiger charge is 2.41. The Balaban J connectivity index is 2.27. The minimum atomic E-state index is -0.827. The molecule has 0 bridgehead atoms. The van der Waals surface area contributed by atoms with Crippen molar-refractivity contribution in [3.8, 4) is 11.5 Å². The highest BCUT2D eigenvalue weighted by molar-refractivity contribution is 6.14. The number of carbonyl (C=O) groups excluding carboxylic acids is 2. The van der Waals surface area contributed by atoms with Gasteiger partial charge in [-0.25, -0.2) is 14.6 Å².